The molecule has 0 amide bonds. The van der Waals surface area contributed by atoms with Crippen molar-refractivity contribution in [2.75, 3.05) is 25.0 Å². The van der Waals surface area contributed by atoms with Crippen molar-refractivity contribution in [1.82, 2.24) is 30.2 Å². The van der Waals surface area contributed by atoms with Gasteiger partial charge in [0, 0.05) is 26.2 Å². The van der Waals surface area contributed by atoms with E-state index >= 15 is 0 Å². The number of nitrogens with zero attached hydrogens (tertiary/aromatic N) is 6. The van der Waals surface area contributed by atoms with Crippen molar-refractivity contribution in [3.63, 3.8) is 0 Å². The van der Waals surface area contributed by atoms with Crippen LogP contribution in [0.5, 0.6) is 0 Å². The predicted molar refractivity (Wildman–Crippen MR) is 88.5 cm³/mol. The van der Waals surface area contributed by atoms with Crippen LogP contribution >= 0.6 is 0 Å². The number of β-amino-alcohol motifs (C(OH)–C–C–N with tert-alkyl or cyclic N) is 1. The van der Waals surface area contributed by atoms with Crippen molar-refractivity contribution in [3.8, 4) is 0 Å². The Balaban J connectivity index is 1.31. The minimum Gasteiger partial charge on any atom is -0.390 e. The summed E-state index contributed by atoms with van der Waals surface area (Å²) in [4.78, 5) is 2.28. The number of aliphatic hydroxyl groups excluding tert-OH is 1. The zero-order valence-electron chi connectivity index (χ0n) is 13.2. The van der Waals surface area contributed by atoms with Crippen molar-refractivity contribution in [3.05, 3.63) is 47.5 Å². The molecule has 0 saturated carbocycles. The van der Waals surface area contributed by atoms with Crippen LogP contribution < -0.4 is 5.32 Å². The zero-order valence-corrected chi connectivity index (χ0v) is 13.2. The van der Waals surface area contributed by atoms with E-state index in [9.17, 15) is 5.11 Å². The first-order valence-corrected chi connectivity index (χ1v) is 8.04. The van der Waals surface area contributed by atoms with E-state index in [0.29, 0.717) is 24.6 Å². The molecular formula is C16H19N7O. The number of rotatable bonds is 5. The van der Waals surface area contributed by atoms with Crippen LogP contribution in [0.3, 0.4) is 0 Å². The van der Waals surface area contributed by atoms with Gasteiger partial charge in [0.25, 0.3) is 0 Å². The van der Waals surface area contributed by atoms with Crippen molar-refractivity contribution in [2.24, 2.45) is 0 Å². The van der Waals surface area contributed by atoms with Gasteiger partial charge in [0.2, 0.25) is 0 Å². The summed E-state index contributed by atoms with van der Waals surface area (Å²) in [5.74, 6) is 0.637. The van der Waals surface area contributed by atoms with Crippen LogP contribution in [-0.2, 0) is 13.0 Å². The maximum Gasteiger partial charge on any atom is 0.200 e. The van der Waals surface area contributed by atoms with E-state index in [0.717, 1.165) is 19.5 Å². The normalized spacial score (nSPS) is 16.0. The smallest absolute Gasteiger partial charge is 0.200 e. The van der Waals surface area contributed by atoms with E-state index in [1.54, 1.807) is 12.1 Å². The fourth-order valence-electron chi connectivity index (χ4n) is 3.04. The van der Waals surface area contributed by atoms with Gasteiger partial charge in [0.15, 0.2) is 5.65 Å². The minimum atomic E-state index is -0.471. The van der Waals surface area contributed by atoms with Crippen molar-refractivity contribution in [1.29, 1.82) is 0 Å². The number of hydrogen-bond donors (Lipinski definition) is 2. The van der Waals surface area contributed by atoms with Crippen LogP contribution in [0.15, 0.2) is 36.4 Å². The summed E-state index contributed by atoms with van der Waals surface area (Å²) >= 11 is 0. The molecular weight excluding hydrogens is 306 g/mol. The van der Waals surface area contributed by atoms with Crippen molar-refractivity contribution >= 4 is 11.5 Å². The van der Waals surface area contributed by atoms with Gasteiger partial charge >= 0.3 is 0 Å². The molecule has 3 aromatic rings. The monoisotopic (exact) mass is 325 g/mol. The Labute approximate surface area is 139 Å². The molecule has 0 radical (unpaired) electrons. The van der Waals surface area contributed by atoms with E-state index in [1.807, 2.05) is 0 Å². The Bertz CT molecular complexity index is 834. The molecule has 2 N–H and O–H groups in total. The van der Waals surface area contributed by atoms with Gasteiger partial charge in [-0.15, -0.1) is 14.8 Å². The second-order valence-corrected chi connectivity index (χ2v) is 6.03. The molecule has 0 unspecified atom stereocenters. The average molecular weight is 325 g/mol. The van der Waals surface area contributed by atoms with Crippen LogP contribution in [0.1, 0.15) is 11.1 Å². The van der Waals surface area contributed by atoms with Gasteiger partial charge in [-0.3, -0.25) is 4.90 Å². The van der Waals surface area contributed by atoms with Crippen LogP contribution in [-0.4, -0.2) is 61.0 Å². The van der Waals surface area contributed by atoms with Gasteiger partial charge < -0.3 is 10.4 Å². The fraction of sp³-hybridized carbons (Fsp3) is 0.375. The highest BCUT2D eigenvalue weighted by atomic mass is 16.3. The third-order valence-corrected chi connectivity index (χ3v) is 4.27. The molecule has 124 valence electrons. The summed E-state index contributed by atoms with van der Waals surface area (Å²) in [6, 6.07) is 12.1. The average Bonchev–Trinajstić information content (AvgIpc) is 3.07. The number of tetrazole rings is 1. The summed E-state index contributed by atoms with van der Waals surface area (Å²) in [7, 11) is 0. The molecule has 1 aliphatic rings. The summed E-state index contributed by atoms with van der Waals surface area (Å²) in [6.07, 6.45) is 0.565. The van der Waals surface area contributed by atoms with E-state index in [4.69, 9.17) is 0 Å². The second-order valence-electron chi connectivity index (χ2n) is 6.03. The van der Waals surface area contributed by atoms with Crippen LogP contribution in [0.25, 0.3) is 5.65 Å². The van der Waals surface area contributed by atoms with Gasteiger partial charge in [-0.2, -0.15) is 0 Å². The molecule has 1 aliphatic heterocycles. The standard InChI is InChI=1S/C16H19N7O/c24-14(9-17-15-5-6-16-18-20-21-23(16)19-15)11-22-8-7-12-3-1-2-4-13(12)10-22/h1-6,14,24H,7-11H2,(H,17,19)/t14-/m0/s1. The SMILES string of the molecule is O[C@@H](CNc1ccc2nnnn2n1)CN1CCc2ccccc2C1. The van der Waals surface area contributed by atoms with Gasteiger partial charge in [-0.05, 0) is 40.1 Å². The summed E-state index contributed by atoms with van der Waals surface area (Å²) in [5, 5.41) is 28.8. The Hall–Kier alpha value is -2.58. The highest BCUT2D eigenvalue weighted by Gasteiger charge is 2.18. The highest BCUT2D eigenvalue weighted by molar-refractivity contribution is 5.42. The summed E-state index contributed by atoms with van der Waals surface area (Å²) in [6.45, 7) is 2.93. The molecule has 8 heteroatoms. The van der Waals surface area contributed by atoms with E-state index < -0.39 is 6.10 Å². The number of fused-ring (bicyclic) bond motifs is 2. The van der Waals surface area contributed by atoms with Crippen LogP contribution in [0.2, 0.25) is 0 Å². The van der Waals surface area contributed by atoms with E-state index in [-0.39, 0.29) is 0 Å². The van der Waals surface area contributed by atoms with Crippen LogP contribution in [0.4, 0.5) is 5.82 Å². The Morgan fingerprint density at radius 2 is 2.04 bits per heavy atom. The third kappa shape index (κ3) is 3.19. The molecule has 0 spiro atoms. The summed E-state index contributed by atoms with van der Waals surface area (Å²) in [5.41, 5.74) is 3.36. The number of hydrogen-bond acceptors (Lipinski definition) is 7. The number of aliphatic hydroxyl groups is 1. The Kier molecular flexibility index (Phi) is 4.06. The molecule has 24 heavy (non-hydrogen) atoms. The lowest BCUT2D eigenvalue weighted by atomic mass is 10.00. The van der Waals surface area contributed by atoms with Gasteiger partial charge in [-0.1, -0.05) is 24.3 Å². The van der Waals surface area contributed by atoms with Crippen LogP contribution in [0, 0.1) is 0 Å². The summed E-state index contributed by atoms with van der Waals surface area (Å²) < 4.78 is 1.36. The number of aromatic nitrogens is 5. The van der Waals surface area contributed by atoms with E-state index in [1.165, 1.54) is 15.8 Å². The molecule has 1 aromatic carbocycles. The third-order valence-electron chi connectivity index (χ3n) is 4.27. The molecule has 0 fully saturated rings. The molecule has 0 aliphatic carbocycles. The first-order chi connectivity index (χ1) is 11.8. The van der Waals surface area contributed by atoms with Gasteiger partial charge in [0.1, 0.15) is 5.82 Å². The molecule has 3 heterocycles. The van der Waals surface area contributed by atoms with E-state index in [2.05, 4.69) is 55.1 Å². The Morgan fingerprint density at radius 3 is 2.96 bits per heavy atom. The topological polar surface area (TPSA) is 91.5 Å². The molecule has 1 atom stereocenters. The maximum atomic E-state index is 10.3. The molecule has 4 rings (SSSR count). The van der Waals surface area contributed by atoms with Gasteiger partial charge in [0.05, 0.1) is 6.10 Å². The largest absolute Gasteiger partial charge is 0.390 e. The number of nitrogens with one attached hydrogen (secondary N) is 1. The predicted octanol–water partition coefficient (Wildman–Crippen LogP) is 0.350. The quantitative estimate of drug-likeness (QED) is 0.699. The molecule has 0 bridgehead atoms. The second kappa shape index (κ2) is 6.50. The number of benzene rings is 1. The van der Waals surface area contributed by atoms with Crippen molar-refractivity contribution < 1.29 is 5.11 Å². The first-order valence-electron chi connectivity index (χ1n) is 8.04. The van der Waals surface area contributed by atoms with Crippen molar-refractivity contribution in [2.45, 2.75) is 19.1 Å². The highest BCUT2D eigenvalue weighted by Crippen LogP contribution is 2.18. The Morgan fingerprint density at radius 1 is 1.17 bits per heavy atom. The lowest BCUT2D eigenvalue weighted by Gasteiger charge is -2.30. The zero-order chi connectivity index (χ0) is 16.4. The minimum absolute atomic E-state index is 0.429. The maximum absolute atomic E-state index is 10.3. The first kappa shape index (κ1) is 15.0. The molecule has 8 nitrogen and oxygen atoms in total. The molecule has 0 saturated heterocycles. The number of anilines is 1. The lowest BCUT2D eigenvalue weighted by molar-refractivity contribution is 0.114. The molecule has 2 aromatic heterocycles. The lowest BCUT2D eigenvalue weighted by Crippen LogP contribution is -2.39. The fourth-order valence-corrected chi connectivity index (χ4v) is 3.04. The van der Waals surface area contributed by atoms with Gasteiger partial charge in [-0.25, -0.2) is 0 Å².